The lowest BCUT2D eigenvalue weighted by Crippen LogP contribution is -2.38. The van der Waals surface area contributed by atoms with E-state index in [0.717, 1.165) is 11.8 Å². The highest BCUT2D eigenvalue weighted by atomic mass is 32.2. The van der Waals surface area contributed by atoms with Gasteiger partial charge in [0, 0.05) is 30.3 Å². The molecule has 0 radical (unpaired) electrons. The summed E-state index contributed by atoms with van der Waals surface area (Å²) in [4.78, 5) is 5.63. The van der Waals surface area contributed by atoms with Gasteiger partial charge in [-0.25, -0.2) is 4.98 Å². The van der Waals surface area contributed by atoms with Crippen LogP contribution >= 0.6 is 11.8 Å². The lowest BCUT2D eigenvalue weighted by Gasteiger charge is -2.32. The molecule has 1 aromatic rings. The van der Waals surface area contributed by atoms with Crippen molar-refractivity contribution in [3.8, 4) is 0 Å². The average molecular weight is 262 g/mol. The van der Waals surface area contributed by atoms with E-state index in [1.807, 2.05) is 6.92 Å². The van der Waals surface area contributed by atoms with Crippen molar-refractivity contribution in [1.82, 2.24) is 4.98 Å². The minimum absolute atomic E-state index is 0.0622. The number of rotatable bonds is 1. The molecule has 0 saturated carbocycles. The molecule has 1 saturated heterocycles. The van der Waals surface area contributed by atoms with Gasteiger partial charge in [-0.05, 0) is 12.1 Å². The summed E-state index contributed by atoms with van der Waals surface area (Å²) in [5, 5.41) is 0.340. The Morgan fingerprint density at radius 2 is 2.24 bits per heavy atom. The fourth-order valence-corrected chi connectivity index (χ4v) is 2.89. The van der Waals surface area contributed by atoms with Crippen LogP contribution < -0.4 is 4.90 Å². The van der Waals surface area contributed by atoms with Gasteiger partial charge in [0.2, 0.25) is 0 Å². The van der Waals surface area contributed by atoms with E-state index in [0.29, 0.717) is 18.3 Å². The smallest absolute Gasteiger partial charge is 0.354 e. The summed E-state index contributed by atoms with van der Waals surface area (Å²) in [7, 11) is 0. The lowest BCUT2D eigenvalue weighted by molar-refractivity contribution is -0.137. The molecule has 0 bridgehead atoms. The van der Waals surface area contributed by atoms with Gasteiger partial charge in [0.05, 0.1) is 5.56 Å². The standard InChI is InChI=1S/C11H13F3N2S/c1-8-7-16(5-6-17-8)10-9(11(12,13)14)3-2-4-15-10/h2-4,8H,5-7H2,1H3. The van der Waals surface area contributed by atoms with E-state index in [-0.39, 0.29) is 5.82 Å². The van der Waals surface area contributed by atoms with E-state index < -0.39 is 11.7 Å². The van der Waals surface area contributed by atoms with Crippen LogP contribution in [0.25, 0.3) is 0 Å². The fourth-order valence-electron chi connectivity index (χ4n) is 1.88. The van der Waals surface area contributed by atoms with E-state index >= 15 is 0 Å². The van der Waals surface area contributed by atoms with Gasteiger partial charge in [-0.15, -0.1) is 0 Å². The van der Waals surface area contributed by atoms with Crippen LogP contribution in [-0.2, 0) is 6.18 Å². The normalized spacial score (nSPS) is 21.6. The van der Waals surface area contributed by atoms with Gasteiger partial charge < -0.3 is 4.90 Å². The molecule has 0 amide bonds. The molecule has 0 spiro atoms. The number of halogens is 3. The van der Waals surface area contributed by atoms with Crippen molar-refractivity contribution in [2.45, 2.75) is 18.3 Å². The third kappa shape index (κ3) is 2.86. The van der Waals surface area contributed by atoms with Crippen LogP contribution in [0.3, 0.4) is 0 Å². The number of nitrogens with zero attached hydrogens (tertiary/aromatic N) is 2. The maximum absolute atomic E-state index is 12.8. The predicted molar refractivity (Wildman–Crippen MR) is 63.4 cm³/mol. The van der Waals surface area contributed by atoms with Crippen molar-refractivity contribution in [2.24, 2.45) is 0 Å². The first-order valence-electron chi connectivity index (χ1n) is 5.37. The molecule has 1 aliphatic rings. The van der Waals surface area contributed by atoms with Crippen molar-refractivity contribution in [1.29, 1.82) is 0 Å². The zero-order chi connectivity index (χ0) is 12.5. The Bertz CT molecular complexity index is 395. The maximum atomic E-state index is 12.8. The zero-order valence-electron chi connectivity index (χ0n) is 9.37. The quantitative estimate of drug-likeness (QED) is 0.774. The molecule has 6 heteroatoms. The molecular formula is C11H13F3N2S. The highest BCUT2D eigenvalue weighted by Gasteiger charge is 2.36. The SMILES string of the molecule is CC1CN(c2ncccc2C(F)(F)F)CCS1. The van der Waals surface area contributed by atoms with Crippen LogP contribution in [0, 0.1) is 0 Å². The number of thioether (sulfide) groups is 1. The summed E-state index contributed by atoms with van der Waals surface area (Å²) in [6.45, 7) is 3.26. The Labute approximate surface area is 102 Å². The van der Waals surface area contributed by atoms with Crippen molar-refractivity contribution >= 4 is 17.6 Å². The molecule has 1 unspecified atom stereocenters. The molecule has 1 aromatic heterocycles. The topological polar surface area (TPSA) is 16.1 Å². The van der Waals surface area contributed by atoms with Gasteiger partial charge in [-0.1, -0.05) is 6.92 Å². The first-order valence-corrected chi connectivity index (χ1v) is 6.42. The number of hydrogen-bond donors (Lipinski definition) is 0. The van der Waals surface area contributed by atoms with Crippen LogP contribution in [0.2, 0.25) is 0 Å². The monoisotopic (exact) mass is 262 g/mol. The van der Waals surface area contributed by atoms with Crippen molar-refractivity contribution in [3.63, 3.8) is 0 Å². The van der Waals surface area contributed by atoms with E-state index in [1.54, 1.807) is 16.7 Å². The summed E-state index contributed by atoms with van der Waals surface area (Å²) < 4.78 is 38.5. The third-order valence-electron chi connectivity index (χ3n) is 2.63. The molecule has 1 aliphatic heterocycles. The van der Waals surface area contributed by atoms with Gasteiger partial charge in [0.1, 0.15) is 5.82 Å². The molecule has 2 heterocycles. The van der Waals surface area contributed by atoms with Crippen LogP contribution in [0.5, 0.6) is 0 Å². The molecule has 0 aromatic carbocycles. The Kier molecular flexibility index (Phi) is 3.51. The summed E-state index contributed by atoms with van der Waals surface area (Å²) in [6, 6.07) is 2.42. The third-order valence-corrected chi connectivity index (χ3v) is 3.77. The highest BCUT2D eigenvalue weighted by molar-refractivity contribution is 8.00. The van der Waals surface area contributed by atoms with Crippen LogP contribution in [0.15, 0.2) is 18.3 Å². The molecule has 1 fully saturated rings. The largest absolute Gasteiger partial charge is 0.419 e. The molecule has 17 heavy (non-hydrogen) atoms. The molecule has 0 aliphatic carbocycles. The van der Waals surface area contributed by atoms with Crippen LogP contribution in [-0.4, -0.2) is 29.1 Å². The molecule has 94 valence electrons. The summed E-state index contributed by atoms with van der Waals surface area (Å²) in [6.07, 6.45) is -2.92. The first kappa shape index (κ1) is 12.5. The molecule has 2 rings (SSSR count). The second kappa shape index (κ2) is 4.76. The Morgan fingerprint density at radius 1 is 1.47 bits per heavy atom. The molecule has 0 N–H and O–H groups in total. The Morgan fingerprint density at radius 3 is 2.88 bits per heavy atom. The summed E-state index contributed by atoms with van der Waals surface area (Å²) in [5.74, 6) is 0.904. The van der Waals surface area contributed by atoms with Crippen LogP contribution in [0.1, 0.15) is 12.5 Å². The van der Waals surface area contributed by atoms with E-state index in [2.05, 4.69) is 4.98 Å². The second-order valence-corrected chi connectivity index (χ2v) is 5.55. The van der Waals surface area contributed by atoms with E-state index in [1.165, 1.54) is 12.3 Å². The number of aromatic nitrogens is 1. The van der Waals surface area contributed by atoms with E-state index in [9.17, 15) is 13.2 Å². The maximum Gasteiger partial charge on any atom is 0.419 e. The number of pyridine rings is 1. The molecule has 2 nitrogen and oxygen atoms in total. The molecular weight excluding hydrogens is 249 g/mol. The average Bonchev–Trinajstić information content (AvgIpc) is 2.28. The van der Waals surface area contributed by atoms with Gasteiger partial charge in [0.25, 0.3) is 0 Å². The van der Waals surface area contributed by atoms with Crippen molar-refractivity contribution < 1.29 is 13.2 Å². The van der Waals surface area contributed by atoms with Gasteiger partial charge in [-0.2, -0.15) is 24.9 Å². The number of alkyl halides is 3. The highest BCUT2D eigenvalue weighted by Crippen LogP contribution is 2.36. The van der Waals surface area contributed by atoms with Crippen molar-refractivity contribution in [3.05, 3.63) is 23.9 Å². The lowest BCUT2D eigenvalue weighted by atomic mass is 10.2. The number of anilines is 1. The van der Waals surface area contributed by atoms with Crippen LogP contribution in [0.4, 0.5) is 19.0 Å². The van der Waals surface area contributed by atoms with Gasteiger partial charge in [0.15, 0.2) is 0 Å². The minimum atomic E-state index is -4.34. The number of hydrogen-bond acceptors (Lipinski definition) is 3. The fraction of sp³-hybridized carbons (Fsp3) is 0.545. The van der Waals surface area contributed by atoms with E-state index in [4.69, 9.17) is 0 Å². The minimum Gasteiger partial charge on any atom is -0.354 e. The van der Waals surface area contributed by atoms with Gasteiger partial charge >= 0.3 is 6.18 Å². The Balaban J connectivity index is 2.31. The zero-order valence-corrected chi connectivity index (χ0v) is 10.2. The second-order valence-electron chi connectivity index (χ2n) is 4.00. The predicted octanol–water partition coefficient (Wildman–Crippen LogP) is 3.04. The Hall–Kier alpha value is -0.910. The van der Waals surface area contributed by atoms with Gasteiger partial charge in [-0.3, -0.25) is 0 Å². The summed E-state index contributed by atoms with van der Waals surface area (Å²) in [5.41, 5.74) is -0.640. The van der Waals surface area contributed by atoms with Crippen molar-refractivity contribution in [2.75, 3.05) is 23.7 Å². The first-order chi connectivity index (χ1) is 7.98. The summed E-state index contributed by atoms with van der Waals surface area (Å²) >= 11 is 1.78. The molecule has 1 atom stereocenters.